The summed E-state index contributed by atoms with van der Waals surface area (Å²) in [5, 5.41) is 3.48. The highest BCUT2D eigenvalue weighted by molar-refractivity contribution is 7.99. The number of rotatable bonds is 5. The topological polar surface area (TPSA) is 12.0 Å². The standard InChI is InChI=1S/C17H26FNS/c1-12-7-13(2)9-14(8-12)17(19-3)11-20-16-6-4-5-15(18)10-16/h4-6,10,12-14,17,19H,7-9,11H2,1-3H3. The van der Waals surface area contributed by atoms with Crippen molar-refractivity contribution < 1.29 is 4.39 Å². The third kappa shape index (κ3) is 4.49. The lowest BCUT2D eigenvalue weighted by molar-refractivity contribution is 0.188. The van der Waals surface area contributed by atoms with Crippen LogP contribution in [0.2, 0.25) is 0 Å². The Kier molecular flexibility index (Phi) is 5.91. The normalized spacial score (nSPS) is 28.3. The average Bonchev–Trinajstić information content (AvgIpc) is 2.38. The molecule has 0 aliphatic heterocycles. The average molecular weight is 295 g/mol. The maximum atomic E-state index is 13.2. The molecule has 0 bridgehead atoms. The van der Waals surface area contributed by atoms with Crippen LogP contribution in [0.15, 0.2) is 29.2 Å². The molecule has 20 heavy (non-hydrogen) atoms. The summed E-state index contributed by atoms with van der Waals surface area (Å²) in [5.41, 5.74) is 0. The molecule has 1 N–H and O–H groups in total. The van der Waals surface area contributed by atoms with Crippen LogP contribution in [0.4, 0.5) is 4.39 Å². The molecule has 0 heterocycles. The molecule has 2 rings (SSSR count). The van der Waals surface area contributed by atoms with Crippen molar-refractivity contribution in [2.45, 2.75) is 44.0 Å². The number of benzene rings is 1. The van der Waals surface area contributed by atoms with Crippen molar-refractivity contribution in [3.05, 3.63) is 30.1 Å². The number of halogens is 1. The Hall–Kier alpha value is -0.540. The molecule has 0 amide bonds. The number of hydrogen-bond donors (Lipinski definition) is 1. The van der Waals surface area contributed by atoms with Gasteiger partial charge in [0.25, 0.3) is 0 Å². The Morgan fingerprint density at radius 2 is 1.95 bits per heavy atom. The summed E-state index contributed by atoms with van der Waals surface area (Å²) in [6, 6.07) is 7.44. The SMILES string of the molecule is CNC(CSc1cccc(F)c1)C1CC(C)CC(C)C1. The minimum atomic E-state index is -0.143. The van der Waals surface area contributed by atoms with E-state index in [1.54, 1.807) is 23.9 Å². The summed E-state index contributed by atoms with van der Waals surface area (Å²) in [6.45, 7) is 4.74. The smallest absolute Gasteiger partial charge is 0.124 e. The predicted octanol–water partition coefficient (Wildman–Crippen LogP) is 4.58. The van der Waals surface area contributed by atoms with E-state index in [2.05, 4.69) is 26.2 Å². The third-order valence-electron chi connectivity index (χ3n) is 4.38. The van der Waals surface area contributed by atoms with Crippen molar-refractivity contribution in [3.8, 4) is 0 Å². The van der Waals surface area contributed by atoms with Crippen LogP contribution in [-0.4, -0.2) is 18.8 Å². The molecule has 1 fully saturated rings. The lowest BCUT2D eigenvalue weighted by Crippen LogP contribution is -2.39. The molecular weight excluding hydrogens is 269 g/mol. The zero-order valence-corrected chi connectivity index (χ0v) is 13.5. The molecule has 3 unspecified atom stereocenters. The molecule has 1 aromatic carbocycles. The maximum absolute atomic E-state index is 13.2. The van der Waals surface area contributed by atoms with Crippen molar-refractivity contribution in [2.24, 2.45) is 17.8 Å². The molecular formula is C17H26FNS. The Balaban J connectivity index is 1.91. The largest absolute Gasteiger partial charge is 0.316 e. The van der Waals surface area contributed by atoms with Gasteiger partial charge in [0.2, 0.25) is 0 Å². The fraction of sp³-hybridized carbons (Fsp3) is 0.647. The quantitative estimate of drug-likeness (QED) is 0.798. The van der Waals surface area contributed by atoms with E-state index < -0.39 is 0 Å². The highest BCUT2D eigenvalue weighted by atomic mass is 32.2. The first-order valence-electron chi connectivity index (χ1n) is 7.64. The molecule has 0 saturated heterocycles. The van der Waals surface area contributed by atoms with Crippen LogP contribution in [0, 0.1) is 23.6 Å². The van der Waals surface area contributed by atoms with Crippen molar-refractivity contribution in [1.82, 2.24) is 5.32 Å². The first kappa shape index (κ1) is 15.8. The summed E-state index contributed by atoms with van der Waals surface area (Å²) in [4.78, 5) is 1.03. The molecule has 1 saturated carbocycles. The summed E-state index contributed by atoms with van der Waals surface area (Å²) in [7, 11) is 2.06. The maximum Gasteiger partial charge on any atom is 0.124 e. The summed E-state index contributed by atoms with van der Waals surface area (Å²) >= 11 is 1.76. The van der Waals surface area contributed by atoms with Crippen molar-refractivity contribution in [2.75, 3.05) is 12.8 Å². The van der Waals surface area contributed by atoms with E-state index in [0.29, 0.717) is 6.04 Å². The monoisotopic (exact) mass is 295 g/mol. The highest BCUT2D eigenvalue weighted by Gasteiger charge is 2.29. The first-order valence-corrected chi connectivity index (χ1v) is 8.62. The van der Waals surface area contributed by atoms with Gasteiger partial charge in [-0.1, -0.05) is 19.9 Å². The van der Waals surface area contributed by atoms with Gasteiger partial charge in [0.05, 0.1) is 0 Å². The van der Waals surface area contributed by atoms with E-state index in [0.717, 1.165) is 28.4 Å². The lowest BCUT2D eigenvalue weighted by Gasteiger charge is -2.36. The number of nitrogens with one attached hydrogen (secondary N) is 1. The summed E-state index contributed by atoms with van der Waals surface area (Å²) in [5.74, 6) is 3.29. The molecule has 0 spiro atoms. The van der Waals surface area contributed by atoms with Gasteiger partial charge in [0, 0.05) is 16.7 Å². The van der Waals surface area contributed by atoms with Gasteiger partial charge in [0.15, 0.2) is 0 Å². The fourth-order valence-electron chi connectivity index (χ4n) is 3.54. The highest BCUT2D eigenvalue weighted by Crippen LogP contribution is 2.36. The zero-order chi connectivity index (χ0) is 14.5. The zero-order valence-electron chi connectivity index (χ0n) is 12.7. The van der Waals surface area contributed by atoms with E-state index in [1.807, 2.05) is 6.07 Å². The van der Waals surface area contributed by atoms with Crippen LogP contribution in [0.5, 0.6) is 0 Å². The van der Waals surface area contributed by atoms with Crippen molar-refractivity contribution in [1.29, 1.82) is 0 Å². The molecule has 112 valence electrons. The van der Waals surface area contributed by atoms with E-state index in [1.165, 1.54) is 25.3 Å². The minimum absolute atomic E-state index is 0.143. The van der Waals surface area contributed by atoms with Gasteiger partial charge in [0.1, 0.15) is 5.82 Å². The minimum Gasteiger partial charge on any atom is -0.316 e. The van der Waals surface area contributed by atoms with E-state index in [4.69, 9.17) is 0 Å². The van der Waals surface area contributed by atoms with E-state index >= 15 is 0 Å². The van der Waals surface area contributed by atoms with Crippen LogP contribution >= 0.6 is 11.8 Å². The Morgan fingerprint density at radius 1 is 1.25 bits per heavy atom. The Morgan fingerprint density at radius 3 is 2.55 bits per heavy atom. The summed E-state index contributed by atoms with van der Waals surface area (Å²) in [6.07, 6.45) is 4.00. The second kappa shape index (κ2) is 7.46. The van der Waals surface area contributed by atoms with Gasteiger partial charge in [-0.15, -0.1) is 11.8 Å². The van der Waals surface area contributed by atoms with Gasteiger partial charge < -0.3 is 5.32 Å². The molecule has 1 aliphatic carbocycles. The van der Waals surface area contributed by atoms with Gasteiger partial charge >= 0.3 is 0 Å². The number of thioether (sulfide) groups is 1. The van der Waals surface area contributed by atoms with Crippen molar-refractivity contribution >= 4 is 11.8 Å². The predicted molar refractivity (Wildman–Crippen MR) is 85.6 cm³/mol. The molecule has 0 aromatic heterocycles. The van der Waals surface area contributed by atoms with E-state index in [-0.39, 0.29) is 5.82 Å². The van der Waals surface area contributed by atoms with E-state index in [9.17, 15) is 4.39 Å². The van der Waals surface area contributed by atoms with Crippen LogP contribution in [-0.2, 0) is 0 Å². The second-order valence-corrected chi connectivity index (χ2v) is 7.43. The van der Waals surface area contributed by atoms with Crippen molar-refractivity contribution in [3.63, 3.8) is 0 Å². The van der Waals surface area contributed by atoms with Gasteiger partial charge in [-0.25, -0.2) is 4.39 Å². The third-order valence-corrected chi connectivity index (χ3v) is 5.49. The second-order valence-electron chi connectivity index (χ2n) is 6.34. The van der Waals surface area contributed by atoms with Crippen LogP contribution in [0.1, 0.15) is 33.1 Å². The Bertz CT molecular complexity index is 413. The van der Waals surface area contributed by atoms with Crippen LogP contribution < -0.4 is 5.32 Å². The first-order chi connectivity index (χ1) is 9.58. The summed E-state index contributed by atoms with van der Waals surface area (Å²) < 4.78 is 13.2. The molecule has 1 aliphatic rings. The van der Waals surface area contributed by atoms with Gasteiger partial charge in [-0.3, -0.25) is 0 Å². The molecule has 1 nitrogen and oxygen atoms in total. The number of hydrogen-bond acceptors (Lipinski definition) is 2. The molecule has 3 atom stereocenters. The molecule has 1 aromatic rings. The van der Waals surface area contributed by atoms with Crippen LogP contribution in [0.25, 0.3) is 0 Å². The lowest BCUT2D eigenvalue weighted by atomic mass is 9.74. The molecule has 0 radical (unpaired) electrons. The fourth-order valence-corrected chi connectivity index (χ4v) is 4.72. The Labute approximate surface area is 126 Å². The van der Waals surface area contributed by atoms with Gasteiger partial charge in [-0.05, 0) is 62.3 Å². The van der Waals surface area contributed by atoms with Gasteiger partial charge in [-0.2, -0.15) is 0 Å². The molecule has 3 heteroatoms. The van der Waals surface area contributed by atoms with Crippen LogP contribution in [0.3, 0.4) is 0 Å².